The van der Waals surface area contributed by atoms with Gasteiger partial charge in [0.05, 0.1) is 5.69 Å². The van der Waals surface area contributed by atoms with Gasteiger partial charge in [0.25, 0.3) is 0 Å². The smallest absolute Gasteiger partial charge is 0.227 e. The van der Waals surface area contributed by atoms with Crippen molar-refractivity contribution in [2.45, 2.75) is 51.6 Å². The molecule has 2 fully saturated rings. The second-order valence-electron chi connectivity index (χ2n) is 10.4. The molecule has 166 valence electrons. The molecule has 1 aromatic heterocycles. The standard InChI is InChI=1S/C27H33N5/c1-18-14-21(10-11-25(18)32-17-22-15-23(32)16-31(22)5)29-26-28-13-12-24(30-26)19-6-8-20(9-7-19)27(2,3)4/h6-14,22-23H,15-17H2,1-5H3,(H,28,29,30). The Kier molecular flexibility index (Phi) is 5.17. The number of benzene rings is 2. The van der Waals surface area contributed by atoms with Gasteiger partial charge in [-0.2, -0.15) is 0 Å². The molecule has 2 aromatic carbocycles. The second kappa shape index (κ2) is 7.89. The van der Waals surface area contributed by atoms with Crippen LogP contribution in [0.1, 0.15) is 38.3 Å². The minimum Gasteiger partial charge on any atom is -0.365 e. The molecule has 5 rings (SSSR count). The van der Waals surface area contributed by atoms with Gasteiger partial charge in [-0.1, -0.05) is 45.0 Å². The van der Waals surface area contributed by atoms with Gasteiger partial charge in [0.15, 0.2) is 0 Å². The minimum absolute atomic E-state index is 0.144. The van der Waals surface area contributed by atoms with Gasteiger partial charge in [0, 0.05) is 48.3 Å². The van der Waals surface area contributed by atoms with Crippen LogP contribution in [-0.4, -0.2) is 47.1 Å². The summed E-state index contributed by atoms with van der Waals surface area (Å²) >= 11 is 0. The number of hydrogen-bond acceptors (Lipinski definition) is 5. The van der Waals surface area contributed by atoms with Crippen molar-refractivity contribution in [1.29, 1.82) is 0 Å². The Hall–Kier alpha value is -2.92. The van der Waals surface area contributed by atoms with Crippen molar-refractivity contribution < 1.29 is 0 Å². The molecule has 2 unspecified atom stereocenters. The first-order valence-corrected chi connectivity index (χ1v) is 11.6. The molecule has 2 aliphatic heterocycles. The third-order valence-corrected chi connectivity index (χ3v) is 6.98. The molecule has 5 nitrogen and oxygen atoms in total. The second-order valence-corrected chi connectivity index (χ2v) is 10.4. The minimum atomic E-state index is 0.144. The normalized spacial score (nSPS) is 20.7. The Morgan fingerprint density at radius 2 is 1.75 bits per heavy atom. The van der Waals surface area contributed by atoms with Crippen LogP contribution in [0.5, 0.6) is 0 Å². The molecule has 1 N–H and O–H groups in total. The number of likely N-dealkylation sites (N-methyl/N-ethyl adjacent to an activating group) is 1. The van der Waals surface area contributed by atoms with Gasteiger partial charge in [-0.25, -0.2) is 9.97 Å². The van der Waals surface area contributed by atoms with E-state index >= 15 is 0 Å². The number of hydrogen-bond donors (Lipinski definition) is 1. The summed E-state index contributed by atoms with van der Waals surface area (Å²) < 4.78 is 0. The predicted molar refractivity (Wildman–Crippen MR) is 133 cm³/mol. The van der Waals surface area contributed by atoms with Gasteiger partial charge in [0.2, 0.25) is 5.95 Å². The lowest BCUT2D eigenvalue weighted by molar-refractivity contribution is 0.292. The maximum absolute atomic E-state index is 4.76. The summed E-state index contributed by atoms with van der Waals surface area (Å²) in [5.74, 6) is 0.622. The van der Waals surface area contributed by atoms with E-state index in [1.54, 1.807) is 0 Å². The summed E-state index contributed by atoms with van der Waals surface area (Å²) in [7, 11) is 2.24. The number of nitrogens with one attached hydrogen (secondary N) is 1. The van der Waals surface area contributed by atoms with Crippen LogP contribution in [0.25, 0.3) is 11.3 Å². The first-order chi connectivity index (χ1) is 15.3. The van der Waals surface area contributed by atoms with E-state index in [-0.39, 0.29) is 5.41 Å². The Morgan fingerprint density at radius 1 is 0.969 bits per heavy atom. The summed E-state index contributed by atoms with van der Waals surface area (Å²) in [6.07, 6.45) is 3.11. The summed E-state index contributed by atoms with van der Waals surface area (Å²) in [6, 6.07) is 18.6. The van der Waals surface area contributed by atoms with Crippen LogP contribution in [0.15, 0.2) is 54.7 Å². The van der Waals surface area contributed by atoms with E-state index in [2.05, 4.69) is 97.3 Å². The van der Waals surface area contributed by atoms with Gasteiger partial charge in [0.1, 0.15) is 0 Å². The third-order valence-electron chi connectivity index (χ3n) is 6.98. The Balaban J connectivity index is 1.32. The van der Waals surface area contributed by atoms with Gasteiger partial charge in [-0.3, -0.25) is 4.90 Å². The van der Waals surface area contributed by atoms with E-state index < -0.39 is 0 Å². The van der Waals surface area contributed by atoms with E-state index in [9.17, 15) is 0 Å². The van der Waals surface area contributed by atoms with Crippen molar-refractivity contribution in [3.63, 3.8) is 0 Å². The number of fused-ring (bicyclic) bond motifs is 2. The molecular formula is C27H33N5. The lowest BCUT2D eigenvalue weighted by Crippen LogP contribution is -2.44. The SMILES string of the molecule is Cc1cc(Nc2nccc(-c3ccc(C(C)(C)C)cc3)n2)ccc1N1CC2CC1CN2C. The van der Waals surface area contributed by atoms with Crippen molar-refractivity contribution in [3.05, 3.63) is 65.9 Å². The summed E-state index contributed by atoms with van der Waals surface area (Å²) in [5.41, 5.74) is 7.15. The zero-order valence-corrected chi connectivity index (χ0v) is 19.8. The van der Waals surface area contributed by atoms with Gasteiger partial charge < -0.3 is 10.2 Å². The van der Waals surface area contributed by atoms with Crippen molar-refractivity contribution in [2.75, 3.05) is 30.4 Å². The Labute approximate surface area is 191 Å². The molecule has 0 radical (unpaired) electrons. The average Bonchev–Trinajstić information content (AvgIpc) is 3.33. The Bertz CT molecular complexity index is 1110. The highest BCUT2D eigenvalue weighted by atomic mass is 15.3. The van der Waals surface area contributed by atoms with Crippen LogP contribution in [0.2, 0.25) is 0 Å². The highest BCUT2D eigenvalue weighted by Crippen LogP contribution is 2.36. The van der Waals surface area contributed by atoms with E-state index in [0.717, 1.165) is 23.5 Å². The van der Waals surface area contributed by atoms with Gasteiger partial charge in [-0.05, 0) is 61.2 Å². The molecule has 2 atom stereocenters. The van der Waals surface area contributed by atoms with Crippen LogP contribution in [-0.2, 0) is 5.41 Å². The number of aryl methyl sites for hydroxylation is 1. The van der Waals surface area contributed by atoms with Crippen molar-refractivity contribution in [3.8, 4) is 11.3 Å². The van der Waals surface area contributed by atoms with Crippen LogP contribution in [0, 0.1) is 6.92 Å². The topological polar surface area (TPSA) is 44.3 Å². The van der Waals surface area contributed by atoms with E-state index in [4.69, 9.17) is 4.98 Å². The number of piperazine rings is 1. The molecule has 0 saturated carbocycles. The van der Waals surface area contributed by atoms with E-state index in [1.807, 2.05) is 12.3 Å². The lowest BCUT2D eigenvalue weighted by Gasteiger charge is -2.34. The zero-order valence-electron chi connectivity index (χ0n) is 19.8. The van der Waals surface area contributed by atoms with Crippen LogP contribution >= 0.6 is 0 Å². The van der Waals surface area contributed by atoms with Crippen molar-refractivity contribution >= 4 is 17.3 Å². The fourth-order valence-electron chi connectivity index (χ4n) is 5.07. The summed E-state index contributed by atoms with van der Waals surface area (Å²) in [6.45, 7) is 11.2. The zero-order chi connectivity index (χ0) is 22.5. The van der Waals surface area contributed by atoms with Crippen LogP contribution < -0.4 is 10.2 Å². The predicted octanol–water partition coefficient (Wildman–Crippen LogP) is 5.39. The monoisotopic (exact) mass is 427 g/mol. The maximum atomic E-state index is 4.76. The van der Waals surface area contributed by atoms with E-state index in [0.29, 0.717) is 18.0 Å². The Morgan fingerprint density at radius 3 is 2.38 bits per heavy atom. The molecule has 32 heavy (non-hydrogen) atoms. The molecule has 3 heterocycles. The quantitative estimate of drug-likeness (QED) is 0.605. The molecule has 2 bridgehead atoms. The lowest BCUT2D eigenvalue weighted by atomic mass is 9.86. The largest absolute Gasteiger partial charge is 0.365 e. The van der Waals surface area contributed by atoms with Gasteiger partial charge >= 0.3 is 0 Å². The van der Waals surface area contributed by atoms with E-state index in [1.165, 1.54) is 29.8 Å². The van der Waals surface area contributed by atoms with Gasteiger partial charge in [-0.15, -0.1) is 0 Å². The highest BCUT2D eigenvalue weighted by Gasteiger charge is 2.41. The summed E-state index contributed by atoms with van der Waals surface area (Å²) in [4.78, 5) is 14.3. The molecule has 5 heteroatoms. The first-order valence-electron chi connectivity index (χ1n) is 11.6. The summed E-state index contributed by atoms with van der Waals surface area (Å²) in [5, 5.41) is 3.40. The maximum Gasteiger partial charge on any atom is 0.227 e. The molecule has 3 aromatic rings. The van der Waals surface area contributed by atoms with Crippen molar-refractivity contribution in [2.24, 2.45) is 0 Å². The van der Waals surface area contributed by atoms with Crippen LogP contribution in [0.3, 0.4) is 0 Å². The molecule has 0 amide bonds. The van der Waals surface area contributed by atoms with Crippen LogP contribution in [0.4, 0.5) is 17.3 Å². The molecule has 2 saturated heterocycles. The molecule has 0 spiro atoms. The fourth-order valence-corrected chi connectivity index (χ4v) is 5.07. The number of anilines is 3. The number of likely N-dealkylation sites (tertiary alicyclic amines) is 1. The molecule has 0 aliphatic carbocycles. The fraction of sp³-hybridized carbons (Fsp3) is 0.407. The molecule has 2 aliphatic rings. The number of aromatic nitrogens is 2. The number of rotatable bonds is 4. The first kappa shape index (κ1) is 21.0. The average molecular weight is 428 g/mol. The third kappa shape index (κ3) is 3.97. The van der Waals surface area contributed by atoms with Crippen molar-refractivity contribution in [1.82, 2.24) is 14.9 Å². The molecular weight excluding hydrogens is 394 g/mol. The number of nitrogens with zero attached hydrogens (tertiary/aromatic N) is 4. The highest BCUT2D eigenvalue weighted by molar-refractivity contribution is 5.66.